The number of Topliss-reactive ketones (excluding diaryl/α,β-unsaturated/α-hetero) is 1. The predicted octanol–water partition coefficient (Wildman–Crippen LogP) is 4.37. The Morgan fingerprint density at radius 1 is 1.44 bits per heavy atom. The van der Waals surface area contributed by atoms with E-state index in [2.05, 4.69) is 15.9 Å². The van der Waals surface area contributed by atoms with E-state index in [1.54, 1.807) is 24.5 Å². The number of halogens is 3. The van der Waals surface area contributed by atoms with Crippen LogP contribution in [0.1, 0.15) is 29.3 Å². The molecule has 0 bridgehead atoms. The molecule has 0 fully saturated rings. The van der Waals surface area contributed by atoms with Crippen LogP contribution < -0.4 is 0 Å². The second-order valence-corrected chi connectivity index (χ2v) is 5.00. The van der Waals surface area contributed by atoms with Crippen LogP contribution in [0.5, 0.6) is 0 Å². The van der Waals surface area contributed by atoms with Crippen molar-refractivity contribution < 1.29 is 13.6 Å². The summed E-state index contributed by atoms with van der Waals surface area (Å²) in [4.78, 5) is 11.1. The number of rotatable bonds is 4. The molecule has 1 nitrogen and oxygen atoms in total. The summed E-state index contributed by atoms with van der Waals surface area (Å²) in [6, 6.07) is 4.88. The number of carbonyl (C=O) groups is 1. The molecule has 88 valence electrons. The summed E-state index contributed by atoms with van der Waals surface area (Å²) >= 11 is 4.40. The zero-order chi connectivity index (χ0) is 12.3. The van der Waals surface area contributed by atoms with E-state index in [0.29, 0.717) is 10.5 Å². The van der Waals surface area contributed by atoms with Crippen LogP contribution >= 0.6 is 27.7 Å². The zero-order valence-electron chi connectivity index (χ0n) is 8.84. The topological polar surface area (TPSA) is 17.1 Å². The van der Waals surface area contributed by atoms with Crippen LogP contribution in [0.15, 0.2) is 23.1 Å². The highest BCUT2D eigenvalue weighted by atomic mass is 79.9. The molecule has 0 N–H and O–H groups in total. The largest absolute Gasteiger partial charge is 0.298 e. The first-order valence-electron chi connectivity index (χ1n) is 4.58. The molecule has 0 aromatic heterocycles. The quantitative estimate of drug-likeness (QED) is 0.607. The molecule has 1 rings (SSSR count). The minimum atomic E-state index is -2.57. The Morgan fingerprint density at radius 2 is 2.06 bits per heavy atom. The highest BCUT2D eigenvalue weighted by Crippen LogP contribution is 2.37. The van der Waals surface area contributed by atoms with Crippen molar-refractivity contribution in [1.29, 1.82) is 0 Å². The Hall–Kier alpha value is -0.420. The molecule has 0 aliphatic heterocycles. The summed E-state index contributed by atoms with van der Waals surface area (Å²) in [6.07, 6.45) is -0.833. The van der Waals surface area contributed by atoms with E-state index < -0.39 is 11.3 Å². The van der Waals surface area contributed by atoms with E-state index in [-0.39, 0.29) is 11.3 Å². The fraction of sp³-hybridized carbons (Fsp3) is 0.364. The van der Waals surface area contributed by atoms with E-state index in [4.69, 9.17) is 0 Å². The van der Waals surface area contributed by atoms with Gasteiger partial charge in [-0.25, -0.2) is 8.78 Å². The number of hydrogen-bond donors (Lipinski definition) is 0. The molecule has 0 saturated carbocycles. The van der Waals surface area contributed by atoms with Gasteiger partial charge < -0.3 is 0 Å². The van der Waals surface area contributed by atoms with Gasteiger partial charge in [0, 0.05) is 10.5 Å². The molecular formula is C11H11BrF2OS. The van der Waals surface area contributed by atoms with Crippen molar-refractivity contribution in [2.45, 2.75) is 23.1 Å². The second kappa shape index (κ2) is 5.77. The lowest BCUT2D eigenvalue weighted by Crippen LogP contribution is -2.06. The van der Waals surface area contributed by atoms with Crippen molar-refractivity contribution in [1.82, 2.24) is 0 Å². The standard InChI is InChI=1S/C11H11BrF2OS/c1-6(15)10(12)7-4-3-5-8(16-2)9(7)11(13)14/h3-5,10-11H,1-2H3. The molecule has 1 aromatic carbocycles. The fourth-order valence-electron chi connectivity index (χ4n) is 1.41. The Balaban J connectivity index is 3.32. The van der Waals surface area contributed by atoms with Gasteiger partial charge in [0.25, 0.3) is 6.43 Å². The number of thioether (sulfide) groups is 1. The summed E-state index contributed by atoms with van der Waals surface area (Å²) in [7, 11) is 0. The molecule has 0 aliphatic carbocycles. The maximum Gasteiger partial charge on any atom is 0.265 e. The van der Waals surface area contributed by atoms with Crippen molar-refractivity contribution in [2.75, 3.05) is 6.26 Å². The molecule has 0 amide bonds. The lowest BCUT2D eigenvalue weighted by molar-refractivity contribution is -0.116. The summed E-state index contributed by atoms with van der Waals surface area (Å²) in [5.74, 6) is -0.180. The third-order valence-corrected chi connectivity index (χ3v) is 4.10. The van der Waals surface area contributed by atoms with Crippen molar-refractivity contribution in [3.8, 4) is 0 Å². The van der Waals surface area contributed by atoms with Crippen molar-refractivity contribution in [3.63, 3.8) is 0 Å². The van der Waals surface area contributed by atoms with E-state index >= 15 is 0 Å². The summed E-state index contributed by atoms with van der Waals surface area (Å²) < 4.78 is 25.9. The van der Waals surface area contributed by atoms with Gasteiger partial charge in [0.15, 0.2) is 0 Å². The zero-order valence-corrected chi connectivity index (χ0v) is 11.2. The molecule has 1 atom stereocenters. The van der Waals surface area contributed by atoms with Gasteiger partial charge in [-0.05, 0) is 24.8 Å². The Labute approximate surface area is 106 Å². The minimum absolute atomic E-state index is 0.0490. The monoisotopic (exact) mass is 308 g/mol. The Morgan fingerprint density at radius 3 is 2.50 bits per heavy atom. The normalized spacial score (nSPS) is 12.9. The predicted molar refractivity (Wildman–Crippen MR) is 65.5 cm³/mol. The van der Waals surface area contributed by atoms with Crippen molar-refractivity contribution in [3.05, 3.63) is 29.3 Å². The lowest BCUT2D eigenvalue weighted by atomic mass is 10.0. The van der Waals surface area contributed by atoms with Gasteiger partial charge in [-0.1, -0.05) is 28.1 Å². The van der Waals surface area contributed by atoms with Crippen LogP contribution in [0, 0.1) is 0 Å². The van der Waals surface area contributed by atoms with Crippen molar-refractivity contribution >= 4 is 33.5 Å². The fourth-order valence-corrected chi connectivity index (χ4v) is 2.45. The van der Waals surface area contributed by atoms with Crippen LogP contribution in [0.3, 0.4) is 0 Å². The smallest absolute Gasteiger partial charge is 0.265 e. The highest BCUT2D eigenvalue weighted by molar-refractivity contribution is 9.09. The second-order valence-electron chi connectivity index (χ2n) is 3.24. The Bertz CT molecular complexity index is 396. The van der Waals surface area contributed by atoms with Gasteiger partial charge in [-0.15, -0.1) is 11.8 Å². The van der Waals surface area contributed by atoms with Crippen molar-refractivity contribution in [2.24, 2.45) is 0 Å². The number of benzene rings is 1. The summed E-state index contributed by atoms with van der Waals surface area (Å²) in [5, 5.41) is 0. The maximum absolute atomic E-state index is 13.0. The molecule has 0 saturated heterocycles. The Kier molecular flexibility index (Phi) is 4.92. The molecule has 5 heteroatoms. The van der Waals surface area contributed by atoms with E-state index in [1.807, 2.05) is 0 Å². The molecule has 0 aliphatic rings. The van der Waals surface area contributed by atoms with Crippen LogP contribution in [-0.2, 0) is 4.79 Å². The number of ketones is 1. The molecule has 0 heterocycles. The number of hydrogen-bond acceptors (Lipinski definition) is 2. The van der Waals surface area contributed by atoms with Gasteiger partial charge in [0.2, 0.25) is 0 Å². The summed E-state index contributed by atoms with van der Waals surface area (Å²) in [5.41, 5.74) is 0.307. The average Bonchev–Trinajstić information content (AvgIpc) is 2.26. The third kappa shape index (κ3) is 2.83. The van der Waals surface area contributed by atoms with Crippen LogP contribution in [-0.4, -0.2) is 12.0 Å². The van der Waals surface area contributed by atoms with Crippen LogP contribution in [0.4, 0.5) is 8.78 Å². The third-order valence-electron chi connectivity index (χ3n) is 2.17. The first-order chi connectivity index (χ1) is 7.49. The number of alkyl halides is 3. The molecule has 1 unspecified atom stereocenters. The van der Waals surface area contributed by atoms with E-state index in [9.17, 15) is 13.6 Å². The number of carbonyl (C=O) groups excluding carboxylic acids is 1. The molecular weight excluding hydrogens is 298 g/mol. The SMILES string of the molecule is CSc1cccc(C(Br)C(C)=O)c1C(F)F. The van der Waals surface area contributed by atoms with Crippen LogP contribution in [0.25, 0.3) is 0 Å². The molecule has 1 aromatic rings. The van der Waals surface area contributed by atoms with Crippen LogP contribution in [0.2, 0.25) is 0 Å². The van der Waals surface area contributed by atoms with E-state index in [0.717, 1.165) is 0 Å². The van der Waals surface area contributed by atoms with Gasteiger partial charge in [-0.2, -0.15) is 0 Å². The first-order valence-corrected chi connectivity index (χ1v) is 6.72. The highest BCUT2D eigenvalue weighted by Gasteiger charge is 2.23. The van der Waals surface area contributed by atoms with Gasteiger partial charge in [0.05, 0.1) is 4.83 Å². The minimum Gasteiger partial charge on any atom is -0.298 e. The maximum atomic E-state index is 13.0. The average molecular weight is 309 g/mol. The van der Waals surface area contributed by atoms with Gasteiger partial charge in [-0.3, -0.25) is 4.79 Å². The summed E-state index contributed by atoms with van der Waals surface area (Å²) in [6.45, 7) is 1.38. The first kappa shape index (κ1) is 13.6. The lowest BCUT2D eigenvalue weighted by Gasteiger charge is -2.15. The molecule has 0 radical (unpaired) electrons. The van der Waals surface area contributed by atoms with Gasteiger partial charge >= 0.3 is 0 Å². The molecule has 16 heavy (non-hydrogen) atoms. The molecule has 0 spiro atoms. The van der Waals surface area contributed by atoms with Gasteiger partial charge in [0.1, 0.15) is 5.78 Å². The van der Waals surface area contributed by atoms with E-state index in [1.165, 1.54) is 18.7 Å².